The molecule has 1 aliphatic heterocycles. The molecule has 0 atom stereocenters. The molecule has 1 aliphatic rings. The largest absolute Gasteiger partial charge is 0.493 e. The van der Waals surface area contributed by atoms with Crippen LogP contribution in [0.1, 0.15) is 19.4 Å². The zero-order chi connectivity index (χ0) is 13.0. The maximum absolute atomic E-state index is 5.68. The van der Waals surface area contributed by atoms with E-state index in [9.17, 15) is 0 Å². The average molecular weight is 251 g/mol. The van der Waals surface area contributed by atoms with Crippen molar-refractivity contribution in [1.82, 2.24) is 5.32 Å². The van der Waals surface area contributed by atoms with Crippen LogP contribution in [0.5, 0.6) is 11.5 Å². The second-order valence-electron chi connectivity index (χ2n) is 4.77. The van der Waals surface area contributed by atoms with Crippen LogP contribution in [0.15, 0.2) is 18.2 Å². The van der Waals surface area contributed by atoms with Crippen molar-refractivity contribution in [1.29, 1.82) is 0 Å². The predicted molar refractivity (Wildman–Crippen MR) is 70.2 cm³/mol. The molecule has 1 fully saturated rings. The van der Waals surface area contributed by atoms with E-state index >= 15 is 0 Å². The highest BCUT2D eigenvalue weighted by atomic mass is 16.5. The van der Waals surface area contributed by atoms with Gasteiger partial charge in [-0.25, -0.2) is 0 Å². The van der Waals surface area contributed by atoms with Crippen molar-refractivity contribution in [3.63, 3.8) is 0 Å². The summed E-state index contributed by atoms with van der Waals surface area (Å²) in [5.41, 5.74) is 1.19. The number of rotatable bonds is 6. The van der Waals surface area contributed by atoms with Crippen molar-refractivity contribution in [2.75, 3.05) is 20.3 Å². The zero-order valence-electron chi connectivity index (χ0n) is 11.2. The van der Waals surface area contributed by atoms with Crippen molar-refractivity contribution in [3.05, 3.63) is 23.8 Å². The second-order valence-corrected chi connectivity index (χ2v) is 4.77. The lowest BCUT2D eigenvalue weighted by molar-refractivity contribution is -0.00579. The summed E-state index contributed by atoms with van der Waals surface area (Å²) in [5.74, 6) is 1.58. The third-order valence-corrected chi connectivity index (χ3v) is 2.82. The fourth-order valence-corrected chi connectivity index (χ4v) is 1.79. The summed E-state index contributed by atoms with van der Waals surface area (Å²) in [6.45, 7) is 6.46. The van der Waals surface area contributed by atoms with Crippen LogP contribution in [0.3, 0.4) is 0 Å². The molecule has 100 valence electrons. The van der Waals surface area contributed by atoms with E-state index in [4.69, 9.17) is 14.2 Å². The highest BCUT2D eigenvalue weighted by molar-refractivity contribution is 5.43. The van der Waals surface area contributed by atoms with E-state index in [0.717, 1.165) is 31.3 Å². The molecule has 0 saturated carbocycles. The van der Waals surface area contributed by atoms with E-state index in [-0.39, 0.29) is 6.10 Å². The van der Waals surface area contributed by atoms with Crippen molar-refractivity contribution in [3.8, 4) is 11.5 Å². The summed E-state index contributed by atoms with van der Waals surface area (Å²) in [6, 6.07) is 6.53. The molecule has 0 aliphatic carbocycles. The topological polar surface area (TPSA) is 39.7 Å². The fraction of sp³-hybridized carbons (Fsp3) is 0.571. The monoisotopic (exact) mass is 251 g/mol. The number of methoxy groups -OCH3 is 1. The minimum atomic E-state index is 0.148. The van der Waals surface area contributed by atoms with Gasteiger partial charge in [0, 0.05) is 6.54 Å². The fourth-order valence-electron chi connectivity index (χ4n) is 1.79. The third-order valence-electron chi connectivity index (χ3n) is 2.82. The Labute approximate surface area is 108 Å². The van der Waals surface area contributed by atoms with Gasteiger partial charge < -0.3 is 19.5 Å². The number of hydrogen-bond donors (Lipinski definition) is 1. The maximum Gasteiger partial charge on any atom is 0.161 e. The third kappa shape index (κ3) is 3.37. The lowest BCUT2D eigenvalue weighted by Crippen LogP contribution is -2.45. The van der Waals surface area contributed by atoms with Gasteiger partial charge in [0.05, 0.1) is 32.5 Å². The second kappa shape index (κ2) is 6.07. The molecular formula is C14H21NO3. The Morgan fingerprint density at radius 1 is 1.33 bits per heavy atom. The SMILES string of the molecule is COc1cc(CNC2COC2)ccc1OC(C)C. The molecule has 1 N–H and O–H groups in total. The first-order chi connectivity index (χ1) is 8.69. The van der Waals surface area contributed by atoms with Crippen LogP contribution >= 0.6 is 0 Å². The van der Waals surface area contributed by atoms with Crippen molar-refractivity contribution in [2.24, 2.45) is 0 Å². The number of hydrogen-bond acceptors (Lipinski definition) is 4. The number of nitrogens with one attached hydrogen (secondary N) is 1. The molecule has 0 spiro atoms. The van der Waals surface area contributed by atoms with Gasteiger partial charge in [-0.1, -0.05) is 6.07 Å². The zero-order valence-corrected chi connectivity index (χ0v) is 11.2. The molecule has 0 radical (unpaired) electrons. The highest BCUT2D eigenvalue weighted by Gasteiger charge is 2.17. The molecular weight excluding hydrogens is 230 g/mol. The van der Waals surface area contributed by atoms with Crippen LogP contribution in [-0.2, 0) is 11.3 Å². The quantitative estimate of drug-likeness (QED) is 0.839. The maximum atomic E-state index is 5.68. The van der Waals surface area contributed by atoms with E-state index in [0.29, 0.717) is 6.04 Å². The minimum Gasteiger partial charge on any atom is -0.493 e. The molecule has 0 aromatic heterocycles. The summed E-state index contributed by atoms with van der Waals surface area (Å²) in [5, 5.41) is 3.43. The van der Waals surface area contributed by atoms with E-state index < -0.39 is 0 Å². The van der Waals surface area contributed by atoms with Gasteiger partial charge in [-0.15, -0.1) is 0 Å². The molecule has 1 saturated heterocycles. The molecule has 2 rings (SSSR count). The van der Waals surface area contributed by atoms with Crippen molar-refractivity contribution < 1.29 is 14.2 Å². The van der Waals surface area contributed by atoms with Gasteiger partial charge in [0.1, 0.15) is 0 Å². The Morgan fingerprint density at radius 2 is 2.11 bits per heavy atom. The lowest BCUT2D eigenvalue weighted by atomic mass is 10.1. The van der Waals surface area contributed by atoms with E-state index in [1.54, 1.807) is 7.11 Å². The summed E-state index contributed by atoms with van der Waals surface area (Å²) in [4.78, 5) is 0. The predicted octanol–water partition coefficient (Wildman–Crippen LogP) is 1.97. The van der Waals surface area contributed by atoms with Crippen LogP contribution < -0.4 is 14.8 Å². The Balaban J connectivity index is 1.98. The van der Waals surface area contributed by atoms with E-state index in [2.05, 4.69) is 11.4 Å². The first kappa shape index (κ1) is 13.2. The lowest BCUT2D eigenvalue weighted by Gasteiger charge is -2.27. The molecule has 18 heavy (non-hydrogen) atoms. The summed E-state index contributed by atoms with van der Waals surface area (Å²) >= 11 is 0. The first-order valence-electron chi connectivity index (χ1n) is 6.33. The van der Waals surface area contributed by atoms with Crippen LogP contribution in [0, 0.1) is 0 Å². The Hall–Kier alpha value is -1.26. The standard InChI is InChI=1S/C14H21NO3/c1-10(2)18-13-5-4-11(6-14(13)16-3)7-15-12-8-17-9-12/h4-6,10,12,15H,7-9H2,1-3H3. The van der Waals surface area contributed by atoms with Gasteiger partial charge in [0.25, 0.3) is 0 Å². The van der Waals surface area contributed by atoms with Gasteiger partial charge in [-0.05, 0) is 31.5 Å². The van der Waals surface area contributed by atoms with Gasteiger partial charge in [0.15, 0.2) is 11.5 Å². The van der Waals surface area contributed by atoms with E-state index in [1.807, 2.05) is 26.0 Å². The van der Waals surface area contributed by atoms with Gasteiger partial charge in [0.2, 0.25) is 0 Å². The Bertz CT molecular complexity index is 389. The van der Waals surface area contributed by atoms with Crippen LogP contribution in [0.4, 0.5) is 0 Å². The van der Waals surface area contributed by atoms with Crippen LogP contribution in [0.2, 0.25) is 0 Å². The minimum absolute atomic E-state index is 0.148. The Morgan fingerprint density at radius 3 is 2.67 bits per heavy atom. The van der Waals surface area contributed by atoms with Crippen LogP contribution in [-0.4, -0.2) is 32.5 Å². The Kier molecular flexibility index (Phi) is 4.44. The average Bonchev–Trinajstić information content (AvgIpc) is 2.28. The molecule has 0 bridgehead atoms. The summed E-state index contributed by atoms with van der Waals surface area (Å²) < 4.78 is 16.2. The number of ether oxygens (including phenoxy) is 3. The van der Waals surface area contributed by atoms with Crippen molar-refractivity contribution in [2.45, 2.75) is 32.5 Å². The normalized spacial score (nSPS) is 15.6. The summed E-state index contributed by atoms with van der Waals surface area (Å²) in [7, 11) is 1.67. The van der Waals surface area contributed by atoms with Gasteiger partial charge >= 0.3 is 0 Å². The van der Waals surface area contributed by atoms with Crippen molar-refractivity contribution >= 4 is 0 Å². The molecule has 0 amide bonds. The molecule has 1 aromatic carbocycles. The van der Waals surface area contributed by atoms with Gasteiger partial charge in [-0.2, -0.15) is 0 Å². The number of benzene rings is 1. The smallest absolute Gasteiger partial charge is 0.161 e. The van der Waals surface area contributed by atoms with Gasteiger partial charge in [-0.3, -0.25) is 0 Å². The highest BCUT2D eigenvalue weighted by Crippen LogP contribution is 2.29. The van der Waals surface area contributed by atoms with E-state index in [1.165, 1.54) is 5.56 Å². The summed E-state index contributed by atoms with van der Waals surface area (Å²) in [6.07, 6.45) is 0.148. The first-order valence-corrected chi connectivity index (χ1v) is 6.33. The molecule has 4 nitrogen and oxygen atoms in total. The van der Waals surface area contributed by atoms with Crippen LogP contribution in [0.25, 0.3) is 0 Å². The molecule has 1 aromatic rings. The molecule has 0 unspecified atom stereocenters. The molecule has 4 heteroatoms. The molecule has 1 heterocycles.